The lowest BCUT2D eigenvalue weighted by atomic mass is 10.0. The first-order valence-corrected chi connectivity index (χ1v) is 6.88. The smallest absolute Gasteiger partial charge is 0.303 e. The summed E-state index contributed by atoms with van der Waals surface area (Å²) in [5, 5.41) is 8.47. The molecule has 106 valence electrons. The van der Waals surface area contributed by atoms with Crippen LogP contribution in [0.4, 0.5) is 8.78 Å². The second kappa shape index (κ2) is 7.02. The van der Waals surface area contributed by atoms with Crippen LogP contribution in [-0.2, 0) is 10.7 Å². The molecule has 0 aliphatic heterocycles. The molecule has 0 heterocycles. The third-order valence-corrected chi connectivity index (χ3v) is 3.36. The Morgan fingerprint density at radius 1 is 1.42 bits per heavy atom. The molecule has 1 aromatic carbocycles. The number of methoxy groups -OCH3 is 1. The molecule has 0 atom stereocenters. The van der Waals surface area contributed by atoms with Crippen LogP contribution in [0.5, 0.6) is 5.75 Å². The van der Waals surface area contributed by atoms with Crippen LogP contribution in [-0.4, -0.2) is 18.2 Å². The van der Waals surface area contributed by atoms with Gasteiger partial charge in [0.15, 0.2) is 0 Å². The van der Waals surface area contributed by atoms with Gasteiger partial charge in [-0.3, -0.25) is 4.79 Å². The monoisotopic (exact) mass is 384 g/mol. The van der Waals surface area contributed by atoms with Crippen molar-refractivity contribution in [3.05, 3.63) is 27.3 Å². The Morgan fingerprint density at radius 3 is 2.68 bits per heavy atom. The summed E-state index contributed by atoms with van der Waals surface area (Å²) in [5.74, 6) is -3.82. The molecule has 0 unspecified atom stereocenters. The van der Waals surface area contributed by atoms with Gasteiger partial charge >= 0.3 is 5.97 Å². The van der Waals surface area contributed by atoms with Crippen LogP contribution in [0.15, 0.2) is 18.2 Å². The minimum absolute atomic E-state index is 0.0838. The van der Waals surface area contributed by atoms with Gasteiger partial charge in [0.2, 0.25) is 0 Å². The van der Waals surface area contributed by atoms with Gasteiger partial charge in [-0.2, -0.15) is 0 Å². The van der Waals surface area contributed by atoms with E-state index in [1.807, 2.05) is 22.6 Å². The van der Waals surface area contributed by atoms with Gasteiger partial charge in [0.25, 0.3) is 5.92 Å². The van der Waals surface area contributed by atoms with Crippen LogP contribution < -0.4 is 4.74 Å². The lowest BCUT2D eigenvalue weighted by molar-refractivity contribution is -0.137. The maximum Gasteiger partial charge on any atom is 0.303 e. The molecule has 19 heavy (non-hydrogen) atoms. The van der Waals surface area contributed by atoms with Crippen molar-refractivity contribution < 1.29 is 23.4 Å². The number of carbonyl (C=O) groups is 1. The molecule has 1 rings (SSSR count). The Morgan fingerprint density at radius 2 is 2.11 bits per heavy atom. The molecule has 0 fully saturated rings. The van der Waals surface area contributed by atoms with E-state index in [0.29, 0.717) is 3.57 Å². The number of hydrogen-bond donors (Lipinski definition) is 1. The summed E-state index contributed by atoms with van der Waals surface area (Å²) in [6.45, 7) is 0. The Hall–Kier alpha value is -0.920. The fourth-order valence-electron chi connectivity index (χ4n) is 1.72. The van der Waals surface area contributed by atoms with E-state index >= 15 is 0 Å². The molecule has 0 aliphatic carbocycles. The number of unbranched alkanes of at least 4 members (excludes halogenated alkanes) is 1. The number of benzene rings is 1. The number of ether oxygens (including phenoxy) is 1. The maximum absolute atomic E-state index is 14.1. The van der Waals surface area contributed by atoms with Crippen LogP contribution in [0.1, 0.15) is 31.2 Å². The van der Waals surface area contributed by atoms with Crippen molar-refractivity contribution in [2.24, 2.45) is 0 Å². The Labute approximate surface area is 124 Å². The van der Waals surface area contributed by atoms with E-state index in [1.54, 1.807) is 6.07 Å². The first-order chi connectivity index (χ1) is 8.86. The molecule has 0 bridgehead atoms. The van der Waals surface area contributed by atoms with Crippen LogP contribution in [0.25, 0.3) is 0 Å². The van der Waals surface area contributed by atoms with Crippen LogP contribution in [0, 0.1) is 3.57 Å². The van der Waals surface area contributed by atoms with Gasteiger partial charge in [-0.1, -0.05) is 0 Å². The zero-order valence-electron chi connectivity index (χ0n) is 10.5. The SMILES string of the molecule is COc1ccc(I)cc1C(F)(F)CCCCC(=O)O. The first-order valence-electron chi connectivity index (χ1n) is 5.80. The van der Waals surface area contributed by atoms with Crippen molar-refractivity contribution in [2.75, 3.05) is 7.11 Å². The van der Waals surface area contributed by atoms with E-state index in [-0.39, 0.29) is 37.0 Å². The highest BCUT2D eigenvalue weighted by molar-refractivity contribution is 14.1. The Balaban J connectivity index is 2.75. The molecule has 0 saturated carbocycles. The predicted molar refractivity (Wildman–Crippen MR) is 75.7 cm³/mol. The third-order valence-electron chi connectivity index (χ3n) is 2.69. The van der Waals surface area contributed by atoms with Crippen LogP contribution in [0.3, 0.4) is 0 Å². The molecule has 1 aromatic rings. The van der Waals surface area contributed by atoms with Gasteiger partial charge in [-0.15, -0.1) is 0 Å². The quantitative estimate of drug-likeness (QED) is 0.570. The second-order valence-electron chi connectivity index (χ2n) is 4.15. The minimum Gasteiger partial charge on any atom is -0.496 e. The molecule has 0 spiro atoms. The average molecular weight is 384 g/mol. The number of aliphatic carboxylic acids is 1. The topological polar surface area (TPSA) is 46.5 Å². The molecule has 0 amide bonds. The van der Waals surface area contributed by atoms with Gasteiger partial charge in [0, 0.05) is 16.4 Å². The number of carboxylic acids is 1. The maximum atomic E-state index is 14.1. The number of halogens is 3. The summed E-state index contributed by atoms with van der Waals surface area (Å²) in [4.78, 5) is 10.3. The van der Waals surface area contributed by atoms with E-state index < -0.39 is 11.9 Å². The zero-order chi connectivity index (χ0) is 14.5. The second-order valence-corrected chi connectivity index (χ2v) is 5.40. The largest absolute Gasteiger partial charge is 0.496 e. The third kappa shape index (κ3) is 4.93. The number of hydrogen-bond acceptors (Lipinski definition) is 2. The molecule has 1 N–H and O–H groups in total. The molecule has 3 nitrogen and oxygen atoms in total. The van der Waals surface area contributed by atoms with Crippen molar-refractivity contribution in [3.63, 3.8) is 0 Å². The van der Waals surface area contributed by atoms with E-state index in [0.717, 1.165) is 0 Å². The number of rotatable bonds is 7. The predicted octanol–water partition coefficient (Wildman–Crippen LogP) is 4.04. The van der Waals surface area contributed by atoms with E-state index in [9.17, 15) is 13.6 Å². The number of carboxylic acid groups (broad SMARTS) is 1. The highest BCUT2D eigenvalue weighted by atomic mass is 127. The van der Waals surface area contributed by atoms with Gasteiger partial charge in [0.1, 0.15) is 5.75 Å². The Kier molecular flexibility index (Phi) is 5.96. The lowest BCUT2D eigenvalue weighted by Gasteiger charge is -2.19. The fraction of sp³-hybridized carbons (Fsp3) is 0.462. The summed E-state index contributed by atoms with van der Waals surface area (Å²) in [6.07, 6.45) is -0.0542. The van der Waals surface area contributed by atoms with Gasteiger partial charge in [0.05, 0.1) is 12.7 Å². The molecular formula is C13H15F2IO3. The summed E-state index contributed by atoms with van der Waals surface area (Å²) in [6, 6.07) is 4.61. The molecule has 0 radical (unpaired) electrons. The van der Waals surface area contributed by atoms with E-state index in [4.69, 9.17) is 9.84 Å². The summed E-state index contributed by atoms with van der Waals surface area (Å²) >= 11 is 1.97. The summed E-state index contributed by atoms with van der Waals surface area (Å²) in [5.41, 5.74) is -0.141. The zero-order valence-corrected chi connectivity index (χ0v) is 12.6. The normalized spacial score (nSPS) is 11.4. The fourth-order valence-corrected chi connectivity index (χ4v) is 2.22. The van der Waals surface area contributed by atoms with Gasteiger partial charge in [-0.05, 0) is 53.6 Å². The Bertz CT molecular complexity index is 450. The average Bonchev–Trinajstić information content (AvgIpc) is 2.34. The lowest BCUT2D eigenvalue weighted by Crippen LogP contribution is -2.15. The molecule has 0 saturated heterocycles. The van der Waals surface area contributed by atoms with Crippen molar-refractivity contribution in [1.29, 1.82) is 0 Å². The van der Waals surface area contributed by atoms with Crippen molar-refractivity contribution >= 4 is 28.6 Å². The van der Waals surface area contributed by atoms with Crippen molar-refractivity contribution in [2.45, 2.75) is 31.6 Å². The molecule has 0 aliphatic rings. The minimum atomic E-state index is -3.01. The number of alkyl halides is 2. The van der Waals surface area contributed by atoms with Crippen LogP contribution >= 0.6 is 22.6 Å². The van der Waals surface area contributed by atoms with E-state index in [2.05, 4.69) is 0 Å². The summed E-state index contributed by atoms with van der Waals surface area (Å²) in [7, 11) is 1.35. The summed E-state index contributed by atoms with van der Waals surface area (Å²) < 4.78 is 33.8. The standard InChI is InChI=1S/C13H15F2IO3/c1-19-11-6-5-9(16)8-10(11)13(14,15)7-3-2-4-12(17)18/h5-6,8H,2-4,7H2,1H3,(H,17,18). The van der Waals surface area contributed by atoms with Crippen molar-refractivity contribution in [3.8, 4) is 5.75 Å². The highest BCUT2D eigenvalue weighted by Crippen LogP contribution is 2.39. The van der Waals surface area contributed by atoms with Gasteiger partial charge in [-0.25, -0.2) is 8.78 Å². The highest BCUT2D eigenvalue weighted by Gasteiger charge is 2.34. The molecular weight excluding hydrogens is 369 g/mol. The molecule has 6 heteroatoms. The first kappa shape index (κ1) is 16.1. The van der Waals surface area contributed by atoms with Crippen molar-refractivity contribution in [1.82, 2.24) is 0 Å². The van der Waals surface area contributed by atoms with Gasteiger partial charge < -0.3 is 9.84 Å². The van der Waals surface area contributed by atoms with E-state index in [1.165, 1.54) is 19.2 Å². The van der Waals surface area contributed by atoms with Crippen LogP contribution in [0.2, 0.25) is 0 Å². The molecule has 0 aromatic heterocycles.